The predicted molar refractivity (Wildman–Crippen MR) is 139 cm³/mol. The van der Waals surface area contributed by atoms with Gasteiger partial charge in [0.25, 0.3) is 5.91 Å². The number of anilines is 1. The molecular weight excluding hydrogens is 460 g/mol. The smallest absolute Gasteiger partial charge is 0.309 e. The zero-order chi connectivity index (χ0) is 24.6. The average molecular weight is 493 g/mol. The van der Waals surface area contributed by atoms with Crippen LogP contribution in [-0.2, 0) is 20.7 Å². The largest absolute Gasteiger partial charge is 0.463 e. The van der Waals surface area contributed by atoms with Crippen LogP contribution in [0.3, 0.4) is 0 Å². The molecule has 1 amide bonds. The summed E-state index contributed by atoms with van der Waals surface area (Å²) in [5.74, 6) is -0.133. The van der Waals surface area contributed by atoms with Gasteiger partial charge in [0.15, 0.2) is 0 Å². The minimum absolute atomic E-state index is 0.0614. The number of aromatic nitrogens is 1. The first-order chi connectivity index (χ1) is 17.1. The summed E-state index contributed by atoms with van der Waals surface area (Å²) in [6, 6.07) is 16.3. The highest BCUT2D eigenvalue weighted by atomic mass is 32.1. The lowest BCUT2D eigenvalue weighted by Crippen LogP contribution is -2.24. The topological polar surface area (TPSA) is 77.5 Å². The van der Waals surface area contributed by atoms with Gasteiger partial charge in [-0.2, -0.15) is 0 Å². The van der Waals surface area contributed by atoms with Gasteiger partial charge < -0.3 is 14.8 Å². The molecule has 1 N–H and O–H groups in total. The molecule has 7 heteroatoms. The maximum atomic E-state index is 13.0. The van der Waals surface area contributed by atoms with Crippen molar-refractivity contribution in [2.75, 3.05) is 25.6 Å². The molecule has 1 aliphatic rings. The van der Waals surface area contributed by atoms with Crippen LogP contribution in [0.25, 0.3) is 11.1 Å². The van der Waals surface area contributed by atoms with Gasteiger partial charge in [-0.1, -0.05) is 49.4 Å². The molecular formula is C28H32N2O4S. The number of amides is 1. The van der Waals surface area contributed by atoms with E-state index in [2.05, 4.69) is 41.5 Å². The molecule has 3 aromatic rings. The van der Waals surface area contributed by atoms with E-state index < -0.39 is 0 Å². The summed E-state index contributed by atoms with van der Waals surface area (Å²) in [5, 5.41) is 5.84. The molecule has 0 atom stereocenters. The van der Waals surface area contributed by atoms with Crippen molar-refractivity contribution < 1.29 is 19.1 Å². The fourth-order valence-corrected chi connectivity index (χ4v) is 5.42. The molecule has 0 unspecified atom stereocenters. The Labute approximate surface area is 210 Å². The van der Waals surface area contributed by atoms with Gasteiger partial charge in [0, 0.05) is 29.7 Å². The number of rotatable bonds is 9. The Kier molecular flexibility index (Phi) is 8.66. The Balaban J connectivity index is 1.37. The molecule has 1 aromatic heterocycles. The first kappa shape index (κ1) is 25.1. The van der Waals surface area contributed by atoms with E-state index >= 15 is 0 Å². The maximum Gasteiger partial charge on any atom is 0.309 e. The lowest BCUT2D eigenvalue weighted by atomic mass is 9.82. The highest BCUT2D eigenvalue weighted by molar-refractivity contribution is 7.10. The molecule has 0 spiro atoms. The van der Waals surface area contributed by atoms with Crippen LogP contribution in [0.1, 0.15) is 59.6 Å². The molecule has 4 rings (SSSR count). The number of nitrogens with zero attached hydrogens (tertiary/aromatic N) is 1. The second-order valence-corrected chi connectivity index (χ2v) is 9.72. The van der Waals surface area contributed by atoms with E-state index in [1.165, 1.54) is 16.9 Å². The zero-order valence-electron chi connectivity index (χ0n) is 20.3. The molecule has 0 radical (unpaired) electrons. The van der Waals surface area contributed by atoms with Crippen molar-refractivity contribution in [2.45, 2.75) is 44.9 Å². The Morgan fingerprint density at radius 3 is 2.49 bits per heavy atom. The normalized spacial score (nSPS) is 17.7. The summed E-state index contributed by atoms with van der Waals surface area (Å²) < 4.78 is 10.2. The second-order valence-electron chi connectivity index (χ2n) is 8.83. The van der Waals surface area contributed by atoms with Crippen LogP contribution in [-0.4, -0.2) is 37.2 Å². The quantitative estimate of drug-likeness (QED) is 0.289. The Morgan fingerprint density at radius 2 is 1.77 bits per heavy atom. The Bertz CT molecular complexity index is 1130. The van der Waals surface area contributed by atoms with Gasteiger partial charge in [-0.05, 0) is 49.3 Å². The Morgan fingerprint density at radius 1 is 1.03 bits per heavy atom. The summed E-state index contributed by atoms with van der Waals surface area (Å²) in [7, 11) is 1.59. The minimum atomic E-state index is -0.208. The third kappa shape index (κ3) is 6.35. The molecule has 0 bridgehead atoms. The summed E-state index contributed by atoms with van der Waals surface area (Å²) in [6.07, 6.45) is 4.29. The molecule has 6 nitrogen and oxygen atoms in total. The van der Waals surface area contributed by atoms with Crippen LogP contribution in [0, 0.1) is 5.92 Å². The van der Waals surface area contributed by atoms with Crippen molar-refractivity contribution in [3.8, 4) is 11.1 Å². The number of nitrogens with one attached hydrogen (secondary N) is 1. The first-order valence-corrected chi connectivity index (χ1v) is 13.1. The summed E-state index contributed by atoms with van der Waals surface area (Å²) >= 11 is 1.52. The highest BCUT2D eigenvalue weighted by Crippen LogP contribution is 2.37. The number of thiazole rings is 1. The molecule has 0 saturated heterocycles. The van der Waals surface area contributed by atoms with Gasteiger partial charge >= 0.3 is 5.97 Å². The third-order valence-corrected chi connectivity index (χ3v) is 7.55. The van der Waals surface area contributed by atoms with Gasteiger partial charge in [0.1, 0.15) is 12.3 Å². The monoisotopic (exact) mass is 492 g/mol. The van der Waals surface area contributed by atoms with Crippen molar-refractivity contribution in [1.29, 1.82) is 0 Å². The molecule has 2 aromatic carbocycles. The van der Waals surface area contributed by atoms with E-state index in [-0.39, 0.29) is 23.7 Å². The molecule has 0 aliphatic heterocycles. The fraction of sp³-hybridized carbons (Fsp3) is 0.393. The van der Waals surface area contributed by atoms with Crippen LogP contribution < -0.4 is 5.32 Å². The van der Waals surface area contributed by atoms with Crippen molar-refractivity contribution in [3.05, 3.63) is 70.2 Å². The van der Waals surface area contributed by atoms with Gasteiger partial charge in [-0.15, -0.1) is 11.3 Å². The van der Waals surface area contributed by atoms with Crippen molar-refractivity contribution in [2.24, 2.45) is 5.92 Å². The number of hydrogen-bond donors (Lipinski definition) is 1. The number of hydrogen-bond acceptors (Lipinski definition) is 6. The standard InChI is InChI=1S/C28H32N2O4S/c1-3-19-8-10-20(11-9-19)23-6-4-5-7-24(23)29-26(31)25-18-35-27(30-25)21-12-14-22(15-13-21)28(32)34-17-16-33-2/h4-11,18,21-22H,3,12-17H2,1-2H3,(H,29,31). The SMILES string of the molecule is CCc1ccc(-c2ccccc2NC(=O)c2csc(C3CCC(C(=O)OCCOC)CC3)n2)cc1. The Hall–Kier alpha value is -3.03. The van der Waals surface area contributed by atoms with E-state index in [9.17, 15) is 9.59 Å². The number of carbonyl (C=O) groups is 2. The fourth-order valence-electron chi connectivity index (χ4n) is 4.45. The summed E-state index contributed by atoms with van der Waals surface area (Å²) in [5.41, 5.74) is 4.53. The molecule has 184 valence electrons. The number of aryl methyl sites for hydroxylation is 1. The van der Waals surface area contributed by atoms with E-state index in [1.807, 2.05) is 29.6 Å². The second kappa shape index (κ2) is 12.1. The lowest BCUT2D eigenvalue weighted by Gasteiger charge is -2.25. The number of methoxy groups -OCH3 is 1. The minimum Gasteiger partial charge on any atom is -0.463 e. The summed E-state index contributed by atoms with van der Waals surface area (Å²) in [4.78, 5) is 29.9. The van der Waals surface area contributed by atoms with Gasteiger partial charge in [0.2, 0.25) is 0 Å². The van der Waals surface area contributed by atoms with E-state index in [0.29, 0.717) is 18.9 Å². The van der Waals surface area contributed by atoms with Crippen LogP contribution >= 0.6 is 11.3 Å². The number of benzene rings is 2. The summed E-state index contributed by atoms with van der Waals surface area (Å²) in [6.45, 7) is 2.85. The van der Waals surface area contributed by atoms with Crippen molar-refractivity contribution in [3.63, 3.8) is 0 Å². The molecule has 1 saturated carbocycles. The molecule has 35 heavy (non-hydrogen) atoms. The maximum absolute atomic E-state index is 13.0. The number of esters is 1. The highest BCUT2D eigenvalue weighted by Gasteiger charge is 2.30. The first-order valence-electron chi connectivity index (χ1n) is 12.2. The van der Waals surface area contributed by atoms with Gasteiger partial charge in [-0.3, -0.25) is 9.59 Å². The van der Waals surface area contributed by atoms with E-state index in [1.54, 1.807) is 7.11 Å². The molecule has 1 fully saturated rings. The van der Waals surface area contributed by atoms with E-state index in [4.69, 9.17) is 9.47 Å². The molecule has 1 aliphatic carbocycles. The predicted octanol–water partition coefficient (Wildman–Crippen LogP) is 6.09. The van der Waals surface area contributed by atoms with Crippen LogP contribution in [0.15, 0.2) is 53.9 Å². The number of carbonyl (C=O) groups excluding carboxylic acids is 2. The van der Waals surface area contributed by atoms with Crippen LogP contribution in [0.4, 0.5) is 5.69 Å². The van der Waals surface area contributed by atoms with Crippen LogP contribution in [0.5, 0.6) is 0 Å². The van der Waals surface area contributed by atoms with Crippen molar-refractivity contribution in [1.82, 2.24) is 4.98 Å². The van der Waals surface area contributed by atoms with Gasteiger partial charge in [-0.25, -0.2) is 4.98 Å². The number of ether oxygens (including phenoxy) is 2. The number of para-hydroxylation sites is 1. The zero-order valence-corrected chi connectivity index (χ0v) is 21.1. The van der Waals surface area contributed by atoms with Crippen LogP contribution in [0.2, 0.25) is 0 Å². The third-order valence-electron chi connectivity index (χ3n) is 6.54. The average Bonchev–Trinajstić information content (AvgIpc) is 3.40. The lowest BCUT2D eigenvalue weighted by molar-refractivity contribution is -0.151. The van der Waals surface area contributed by atoms with E-state index in [0.717, 1.165) is 53.9 Å². The van der Waals surface area contributed by atoms with Crippen molar-refractivity contribution >= 4 is 28.9 Å². The molecule has 1 heterocycles. The van der Waals surface area contributed by atoms with Gasteiger partial charge in [0.05, 0.1) is 17.5 Å².